The number of ketones is 1. The van der Waals surface area contributed by atoms with E-state index in [1.54, 1.807) is 19.1 Å². The average Bonchev–Trinajstić information content (AvgIpc) is 2.95. The van der Waals surface area contributed by atoms with Gasteiger partial charge in [-0.05, 0) is 37.1 Å². The summed E-state index contributed by atoms with van der Waals surface area (Å²) in [6.45, 7) is 1.76. The maximum absolute atomic E-state index is 14.0. The number of ether oxygens (including phenoxy) is 1. The Bertz CT molecular complexity index is 666. The summed E-state index contributed by atoms with van der Waals surface area (Å²) in [6.07, 6.45) is -1.62. The molecule has 0 saturated carbocycles. The first kappa shape index (κ1) is 18.4. The molecule has 1 fully saturated rings. The number of carbonyl (C=O) groups is 3. The Labute approximate surface area is 146 Å². The summed E-state index contributed by atoms with van der Waals surface area (Å²) in [5, 5.41) is 9.31. The molecule has 1 amide bonds. The molecule has 8 heteroatoms. The van der Waals surface area contributed by atoms with Crippen molar-refractivity contribution in [2.45, 2.75) is 31.7 Å². The van der Waals surface area contributed by atoms with Crippen molar-refractivity contribution in [3.05, 3.63) is 34.1 Å². The topological polar surface area (TPSA) is 83.9 Å². The third kappa shape index (κ3) is 4.11. The van der Waals surface area contributed by atoms with Gasteiger partial charge in [-0.1, -0.05) is 15.9 Å². The molecule has 24 heavy (non-hydrogen) atoms. The Morgan fingerprint density at radius 2 is 2.12 bits per heavy atom. The van der Waals surface area contributed by atoms with Crippen LogP contribution in [-0.4, -0.2) is 47.0 Å². The number of hydrogen-bond donors (Lipinski definition) is 1. The number of hydrogen-bond acceptors (Lipinski definition) is 4. The number of benzene rings is 1. The molecule has 130 valence electrons. The molecule has 2 unspecified atom stereocenters. The van der Waals surface area contributed by atoms with Gasteiger partial charge in [-0.25, -0.2) is 9.18 Å². The SMILES string of the molecule is CCOC(=O)CC(=O)C1CC(c2cc(Br)ccc2F)CN1C(=O)O. The summed E-state index contributed by atoms with van der Waals surface area (Å²) in [7, 11) is 0. The molecular weight excluding hydrogens is 385 g/mol. The van der Waals surface area contributed by atoms with Crippen molar-refractivity contribution in [2.24, 2.45) is 0 Å². The van der Waals surface area contributed by atoms with E-state index in [0.717, 1.165) is 4.90 Å². The van der Waals surface area contributed by atoms with E-state index in [9.17, 15) is 23.9 Å². The van der Waals surface area contributed by atoms with E-state index in [2.05, 4.69) is 15.9 Å². The number of nitrogens with zero attached hydrogens (tertiary/aromatic N) is 1. The molecule has 0 radical (unpaired) electrons. The minimum absolute atomic E-state index is 0.00192. The minimum atomic E-state index is -1.27. The monoisotopic (exact) mass is 401 g/mol. The van der Waals surface area contributed by atoms with Gasteiger partial charge in [0.1, 0.15) is 12.2 Å². The average molecular weight is 402 g/mol. The van der Waals surface area contributed by atoms with Crippen LogP contribution in [0.1, 0.15) is 31.2 Å². The first-order chi connectivity index (χ1) is 11.3. The Morgan fingerprint density at radius 3 is 2.75 bits per heavy atom. The highest BCUT2D eigenvalue weighted by molar-refractivity contribution is 9.10. The van der Waals surface area contributed by atoms with Crippen LogP contribution in [0.3, 0.4) is 0 Å². The fraction of sp³-hybridized carbons (Fsp3) is 0.438. The number of rotatable bonds is 5. The molecule has 1 aliphatic heterocycles. The predicted molar refractivity (Wildman–Crippen MR) is 86.2 cm³/mol. The van der Waals surface area contributed by atoms with Crippen LogP contribution in [0.5, 0.6) is 0 Å². The maximum atomic E-state index is 14.0. The second-order valence-corrected chi connectivity index (χ2v) is 6.41. The van der Waals surface area contributed by atoms with E-state index in [-0.39, 0.29) is 19.6 Å². The van der Waals surface area contributed by atoms with Crippen LogP contribution < -0.4 is 0 Å². The molecule has 2 rings (SSSR count). The smallest absolute Gasteiger partial charge is 0.407 e. The van der Waals surface area contributed by atoms with E-state index in [1.165, 1.54) is 6.07 Å². The van der Waals surface area contributed by atoms with Crippen LogP contribution in [0.25, 0.3) is 0 Å². The number of carboxylic acid groups (broad SMARTS) is 1. The van der Waals surface area contributed by atoms with Gasteiger partial charge in [0, 0.05) is 16.9 Å². The molecule has 0 bridgehead atoms. The van der Waals surface area contributed by atoms with Gasteiger partial charge in [0.25, 0.3) is 0 Å². The zero-order valence-corrected chi connectivity index (χ0v) is 14.6. The van der Waals surface area contributed by atoms with Crippen molar-refractivity contribution in [3.63, 3.8) is 0 Å². The zero-order chi connectivity index (χ0) is 17.9. The molecule has 1 N–H and O–H groups in total. The lowest BCUT2D eigenvalue weighted by Crippen LogP contribution is -2.40. The fourth-order valence-corrected chi connectivity index (χ4v) is 3.26. The van der Waals surface area contributed by atoms with E-state index >= 15 is 0 Å². The summed E-state index contributed by atoms with van der Waals surface area (Å²) in [6, 6.07) is 3.44. The van der Waals surface area contributed by atoms with Gasteiger partial charge in [-0.3, -0.25) is 14.5 Å². The van der Waals surface area contributed by atoms with Crippen LogP contribution in [-0.2, 0) is 14.3 Å². The highest BCUT2D eigenvalue weighted by Crippen LogP contribution is 2.35. The van der Waals surface area contributed by atoms with E-state index in [0.29, 0.717) is 10.0 Å². The van der Waals surface area contributed by atoms with Gasteiger partial charge in [-0.15, -0.1) is 0 Å². The maximum Gasteiger partial charge on any atom is 0.407 e. The molecule has 1 aliphatic rings. The summed E-state index contributed by atoms with van der Waals surface area (Å²) in [5.74, 6) is -2.12. The highest BCUT2D eigenvalue weighted by Gasteiger charge is 2.41. The second-order valence-electron chi connectivity index (χ2n) is 5.50. The van der Waals surface area contributed by atoms with Crippen molar-refractivity contribution in [2.75, 3.05) is 13.2 Å². The van der Waals surface area contributed by atoms with Gasteiger partial charge >= 0.3 is 12.1 Å². The van der Waals surface area contributed by atoms with Crippen LogP contribution >= 0.6 is 15.9 Å². The molecule has 1 saturated heterocycles. The molecule has 1 heterocycles. The first-order valence-corrected chi connectivity index (χ1v) is 8.25. The molecular formula is C16H17BrFNO5. The number of Topliss-reactive ketones (excluding diaryl/α,β-unsaturated/α-hetero) is 1. The number of amides is 1. The van der Waals surface area contributed by atoms with Crippen molar-refractivity contribution >= 4 is 33.8 Å². The fourth-order valence-electron chi connectivity index (χ4n) is 2.88. The van der Waals surface area contributed by atoms with Crippen molar-refractivity contribution in [1.29, 1.82) is 0 Å². The van der Waals surface area contributed by atoms with E-state index in [1.807, 2.05) is 0 Å². The number of carbonyl (C=O) groups excluding carboxylic acids is 2. The minimum Gasteiger partial charge on any atom is -0.466 e. The Balaban J connectivity index is 2.19. The quantitative estimate of drug-likeness (QED) is 0.605. The Morgan fingerprint density at radius 1 is 1.42 bits per heavy atom. The van der Waals surface area contributed by atoms with E-state index in [4.69, 9.17) is 4.74 Å². The lowest BCUT2D eigenvalue weighted by atomic mass is 9.94. The van der Waals surface area contributed by atoms with Crippen LogP contribution in [0.2, 0.25) is 0 Å². The largest absolute Gasteiger partial charge is 0.466 e. The normalized spacial score (nSPS) is 20.0. The summed E-state index contributed by atoms with van der Waals surface area (Å²) in [4.78, 5) is 36.1. The lowest BCUT2D eigenvalue weighted by Gasteiger charge is -2.19. The van der Waals surface area contributed by atoms with Gasteiger partial charge in [0.15, 0.2) is 5.78 Å². The zero-order valence-electron chi connectivity index (χ0n) is 13.0. The summed E-state index contributed by atoms with van der Waals surface area (Å²) < 4.78 is 19.4. The third-order valence-corrected chi connectivity index (χ3v) is 4.43. The lowest BCUT2D eigenvalue weighted by molar-refractivity contribution is -0.146. The number of halogens is 2. The van der Waals surface area contributed by atoms with Crippen molar-refractivity contribution in [1.82, 2.24) is 4.90 Å². The molecule has 0 aromatic heterocycles. The Kier molecular flexibility index (Phi) is 5.93. The predicted octanol–water partition coefficient (Wildman–Crippen LogP) is 2.95. The third-order valence-electron chi connectivity index (χ3n) is 3.94. The van der Waals surface area contributed by atoms with Crippen molar-refractivity contribution < 1.29 is 28.6 Å². The van der Waals surface area contributed by atoms with E-state index < -0.39 is 42.0 Å². The molecule has 1 aromatic rings. The van der Waals surface area contributed by atoms with Crippen LogP contribution in [0.15, 0.2) is 22.7 Å². The van der Waals surface area contributed by atoms with Crippen LogP contribution in [0.4, 0.5) is 9.18 Å². The standard InChI is InChI=1S/C16H17BrFNO5/c1-2-24-15(21)7-14(20)13-5-9(8-19(13)16(22)23)11-6-10(17)3-4-12(11)18/h3-4,6,9,13H,2,5,7-8H2,1H3,(H,22,23). The highest BCUT2D eigenvalue weighted by atomic mass is 79.9. The molecule has 0 spiro atoms. The number of esters is 1. The van der Waals surface area contributed by atoms with Gasteiger partial charge < -0.3 is 9.84 Å². The molecule has 1 aromatic carbocycles. The molecule has 2 atom stereocenters. The van der Waals surface area contributed by atoms with Crippen molar-refractivity contribution in [3.8, 4) is 0 Å². The van der Waals surface area contributed by atoms with Gasteiger partial charge in [0.2, 0.25) is 0 Å². The molecule has 0 aliphatic carbocycles. The second kappa shape index (κ2) is 7.74. The first-order valence-electron chi connectivity index (χ1n) is 7.46. The van der Waals surface area contributed by atoms with Gasteiger partial charge in [-0.2, -0.15) is 0 Å². The van der Waals surface area contributed by atoms with Crippen LogP contribution in [0, 0.1) is 5.82 Å². The summed E-state index contributed by atoms with van der Waals surface area (Å²) >= 11 is 3.26. The Hall–Kier alpha value is -1.96. The summed E-state index contributed by atoms with van der Waals surface area (Å²) in [5.41, 5.74) is 0.349. The van der Waals surface area contributed by atoms with Gasteiger partial charge in [0.05, 0.1) is 12.6 Å². The number of likely N-dealkylation sites (tertiary alicyclic amines) is 1. The molecule has 6 nitrogen and oxygen atoms in total.